The molecule has 4 aliphatic carbocycles. The zero-order valence-corrected chi connectivity index (χ0v) is 30.8. The fraction of sp³-hybridized carbons (Fsp3) is 0.850. The van der Waals surface area contributed by atoms with Gasteiger partial charge in [-0.3, -0.25) is 0 Å². The maximum Gasteiger partial charge on any atom is 0.186 e. The first kappa shape index (κ1) is 38.5. The van der Waals surface area contributed by atoms with Gasteiger partial charge in [0.15, 0.2) is 12.6 Å². The quantitative estimate of drug-likeness (QED) is 0.163. The summed E-state index contributed by atoms with van der Waals surface area (Å²) in [5.74, 6) is 2.86. The van der Waals surface area contributed by atoms with Crippen molar-refractivity contribution in [1.29, 1.82) is 0 Å². The lowest BCUT2D eigenvalue weighted by Gasteiger charge is -2.57. The molecule has 2 saturated heterocycles. The normalized spacial score (nSPS) is 47.1. The Morgan fingerprint density at radius 2 is 1.60 bits per heavy atom. The van der Waals surface area contributed by atoms with E-state index in [9.17, 15) is 30.6 Å². The number of hydrogen-bond donors (Lipinski definition) is 6. The third-order valence-corrected chi connectivity index (χ3v) is 14.3. The van der Waals surface area contributed by atoms with Crippen molar-refractivity contribution in [2.24, 2.45) is 40.4 Å². The van der Waals surface area contributed by atoms with Crippen molar-refractivity contribution in [1.82, 2.24) is 0 Å². The smallest absolute Gasteiger partial charge is 0.186 e. The molecule has 0 aromatic rings. The van der Waals surface area contributed by atoms with E-state index in [4.69, 9.17) is 18.9 Å². The van der Waals surface area contributed by atoms with E-state index in [2.05, 4.69) is 53.3 Å². The second-order valence-corrected chi connectivity index (χ2v) is 17.1. The van der Waals surface area contributed by atoms with Crippen molar-refractivity contribution in [2.75, 3.05) is 13.2 Å². The van der Waals surface area contributed by atoms with E-state index in [0.29, 0.717) is 29.6 Å². The molecule has 0 bridgehead atoms. The molecule has 2 aliphatic heterocycles. The first-order valence-electron chi connectivity index (χ1n) is 19.4. The lowest BCUT2D eigenvalue weighted by Crippen LogP contribution is -2.59. The minimum atomic E-state index is -1.57. The summed E-state index contributed by atoms with van der Waals surface area (Å²) in [6.07, 6.45) is 4.44. The van der Waals surface area contributed by atoms with E-state index in [1.165, 1.54) is 37.7 Å². The van der Waals surface area contributed by atoms with Crippen LogP contribution in [0, 0.1) is 40.4 Å². The van der Waals surface area contributed by atoms with Crippen molar-refractivity contribution < 1.29 is 49.6 Å². The van der Waals surface area contributed by atoms with Crippen molar-refractivity contribution in [3.8, 4) is 0 Å². The van der Waals surface area contributed by atoms with Gasteiger partial charge in [0.25, 0.3) is 0 Å². The van der Waals surface area contributed by atoms with Crippen LogP contribution >= 0.6 is 0 Å². The summed E-state index contributed by atoms with van der Waals surface area (Å²) >= 11 is 0. The molecule has 0 radical (unpaired) electrons. The largest absolute Gasteiger partial charge is 0.394 e. The van der Waals surface area contributed by atoms with Crippen LogP contribution in [-0.4, -0.2) is 105 Å². The van der Waals surface area contributed by atoms with Gasteiger partial charge < -0.3 is 49.6 Å². The first-order valence-corrected chi connectivity index (χ1v) is 19.4. The third-order valence-electron chi connectivity index (χ3n) is 14.3. The summed E-state index contributed by atoms with van der Waals surface area (Å²) in [6, 6.07) is 0. The van der Waals surface area contributed by atoms with E-state index in [1.807, 2.05) is 0 Å². The Morgan fingerprint density at radius 3 is 2.30 bits per heavy atom. The standard InChI is InChI=1S/C40H64O10/c1-7-23(21(2)3)9-8-22(4)27-12-13-28-26-11-10-24-18-25(14-16-39(24,5)29(26)15-17-40(27,28)6)48-38-35(45)33(43)31(50-38)20-47-37-36(46)34(44)32(42)30(19-41)49-37/h11-12,22-25,28-38,41-46H,2,7-10,13-20H2,1,3-6H3/t22-,23-,24+,25+,28+,29+,30-,31-,32-,33+,34+,35-,36-,37-,38-,39+,40-/m1/s1. The second kappa shape index (κ2) is 15.3. The summed E-state index contributed by atoms with van der Waals surface area (Å²) in [6.45, 7) is 15.4. The molecule has 0 aromatic carbocycles. The summed E-state index contributed by atoms with van der Waals surface area (Å²) in [5, 5.41) is 61.4. The molecule has 0 spiro atoms. The van der Waals surface area contributed by atoms with Gasteiger partial charge in [-0.15, -0.1) is 0 Å². The third kappa shape index (κ3) is 6.96. The van der Waals surface area contributed by atoms with Gasteiger partial charge in [0.1, 0.15) is 42.7 Å². The zero-order chi connectivity index (χ0) is 36.1. The Hall–Kier alpha value is -1.18. The van der Waals surface area contributed by atoms with Crippen LogP contribution in [0.2, 0.25) is 0 Å². The molecule has 284 valence electrons. The van der Waals surface area contributed by atoms with Gasteiger partial charge in [-0.25, -0.2) is 0 Å². The minimum absolute atomic E-state index is 0.111. The predicted molar refractivity (Wildman–Crippen MR) is 187 cm³/mol. The van der Waals surface area contributed by atoms with Crippen molar-refractivity contribution in [3.63, 3.8) is 0 Å². The number of ether oxygens (including phenoxy) is 4. The molecule has 4 fully saturated rings. The highest BCUT2D eigenvalue weighted by Gasteiger charge is 2.57. The highest BCUT2D eigenvalue weighted by atomic mass is 16.7. The predicted octanol–water partition coefficient (Wildman–Crippen LogP) is 4.15. The van der Waals surface area contributed by atoms with E-state index in [-0.39, 0.29) is 23.5 Å². The SMILES string of the molecule is C=C(C)[C@H](CC)CC[C@@H](C)C1=CC[C@H]2C3=CC[C@H]4C[C@@H](O[C@@H]5O[C@H](CO[C@@H]6O[C@H](CO)[C@@H](O)[C@H](O)[C@H]6O)[C@H](O)[C@H]5O)CC[C@]4(C)[C@H]3CC[C@]12C. The molecule has 2 saturated carbocycles. The van der Waals surface area contributed by atoms with Crippen LogP contribution in [-0.2, 0) is 18.9 Å². The van der Waals surface area contributed by atoms with Gasteiger partial charge in [0.2, 0.25) is 0 Å². The van der Waals surface area contributed by atoms with Crippen LogP contribution in [0.1, 0.15) is 98.8 Å². The number of aliphatic hydroxyl groups is 6. The van der Waals surface area contributed by atoms with Crippen LogP contribution in [0.25, 0.3) is 0 Å². The molecule has 6 aliphatic rings. The van der Waals surface area contributed by atoms with Gasteiger partial charge in [0.05, 0.1) is 19.3 Å². The number of allylic oxidation sites excluding steroid dienone is 5. The van der Waals surface area contributed by atoms with Crippen molar-refractivity contribution in [2.45, 2.75) is 160 Å². The first-order chi connectivity index (χ1) is 23.7. The fourth-order valence-electron chi connectivity index (χ4n) is 10.9. The molecule has 50 heavy (non-hydrogen) atoms. The summed E-state index contributed by atoms with van der Waals surface area (Å²) in [7, 11) is 0. The maximum absolute atomic E-state index is 10.9. The Kier molecular flexibility index (Phi) is 11.8. The summed E-state index contributed by atoms with van der Waals surface area (Å²) < 4.78 is 23.3. The van der Waals surface area contributed by atoms with Gasteiger partial charge in [0, 0.05) is 0 Å². The molecule has 0 amide bonds. The molecular weight excluding hydrogens is 640 g/mol. The molecule has 0 aromatic heterocycles. The number of rotatable bonds is 12. The Morgan fingerprint density at radius 1 is 0.900 bits per heavy atom. The Balaban J connectivity index is 1.04. The van der Waals surface area contributed by atoms with Crippen LogP contribution in [0.15, 0.2) is 35.5 Å². The molecule has 6 N–H and O–H groups in total. The highest BCUT2D eigenvalue weighted by molar-refractivity contribution is 5.36. The Labute approximate surface area is 298 Å². The van der Waals surface area contributed by atoms with E-state index >= 15 is 0 Å². The van der Waals surface area contributed by atoms with Gasteiger partial charge in [-0.2, -0.15) is 0 Å². The molecule has 17 atom stereocenters. The Bertz CT molecular complexity index is 1270. The monoisotopic (exact) mass is 704 g/mol. The second-order valence-electron chi connectivity index (χ2n) is 17.1. The molecule has 2 heterocycles. The topological polar surface area (TPSA) is 158 Å². The lowest BCUT2D eigenvalue weighted by atomic mass is 9.47. The highest BCUT2D eigenvalue weighted by Crippen LogP contribution is 2.65. The number of fused-ring (bicyclic) bond motifs is 5. The van der Waals surface area contributed by atoms with E-state index in [1.54, 1.807) is 11.1 Å². The number of aliphatic hydroxyl groups excluding tert-OH is 6. The summed E-state index contributed by atoms with van der Waals surface area (Å²) in [5.41, 5.74) is 5.15. The van der Waals surface area contributed by atoms with E-state index in [0.717, 1.165) is 32.1 Å². The van der Waals surface area contributed by atoms with Gasteiger partial charge in [-0.05, 0) is 112 Å². The molecule has 0 unspecified atom stereocenters. The average molecular weight is 705 g/mol. The molecule has 10 heteroatoms. The maximum atomic E-state index is 10.9. The fourth-order valence-corrected chi connectivity index (χ4v) is 10.9. The van der Waals surface area contributed by atoms with Crippen LogP contribution < -0.4 is 0 Å². The van der Waals surface area contributed by atoms with Crippen LogP contribution in [0.4, 0.5) is 0 Å². The van der Waals surface area contributed by atoms with Crippen LogP contribution in [0.5, 0.6) is 0 Å². The minimum Gasteiger partial charge on any atom is -0.394 e. The summed E-state index contributed by atoms with van der Waals surface area (Å²) in [4.78, 5) is 0. The van der Waals surface area contributed by atoms with Crippen LogP contribution in [0.3, 0.4) is 0 Å². The number of hydrogen-bond acceptors (Lipinski definition) is 10. The molecule has 6 rings (SSSR count). The lowest BCUT2D eigenvalue weighted by molar-refractivity contribution is -0.307. The molecular formula is C40H64O10. The van der Waals surface area contributed by atoms with Gasteiger partial charge >= 0.3 is 0 Å². The zero-order valence-electron chi connectivity index (χ0n) is 30.8. The van der Waals surface area contributed by atoms with Crippen molar-refractivity contribution in [3.05, 3.63) is 35.5 Å². The van der Waals surface area contributed by atoms with E-state index < -0.39 is 61.9 Å². The van der Waals surface area contributed by atoms with Crippen molar-refractivity contribution >= 4 is 0 Å². The molecule has 10 nitrogen and oxygen atoms in total. The van der Waals surface area contributed by atoms with Gasteiger partial charge in [-0.1, -0.05) is 63.1 Å². The average Bonchev–Trinajstić information content (AvgIpc) is 3.58.